The van der Waals surface area contributed by atoms with Gasteiger partial charge in [0.15, 0.2) is 9.84 Å². The van der Waals surface area contributed by atoms with Crippen LogP contribution in [0.15, 0.2) is 41.4 Å². The number of hydrogen-bond acceptors (Lipinski definition) is 4. The van der Waals surface area contributed by atoms with Gasteiger partial charge < -0.3 is 5.11 Å². The molecule has 0 saturated carbocycles. The smallest absolute Gasteiger partial charge is 0.335 e. The lowest BCUT2D eigenvalue weighted by atomic mass is 10.0. The summed E-state index contributed by atoms with van der Waals surface area (Å²) in [6.45, 7) is 1.52. The second-order valence-corrected chi connectivity index (χ2v) is 6.75. The molecule has 21 heavy (non-hydrogen) atoms. The van der Waals surface area contributed by atoms with Crippen LogP contribution in [0.2, 0.25) is 0 Å². The van der Waals surface area contributed by atoms with Crippen LogP contribution in [0, 0.1) is 6.92 Å². The van der Waals surface area contributed by atoms with Crippen LogP contribution in [-0.4, -0.2) is 30.7 Å². The molecule has 6 heteroatoms. The van der Waals surface area contributed by atoms with Crippen molar-refractivity contribution in [1.29, 1.82) is 0 Å². The summed E-state index contributed by atoms with van der Waals surface area (Å²) in [4.78, 5) is 15.4. The van der Waals surface area contributed by atoms with Gasteiger partial charge in [-0.05, 0) is 36.2 Å². The zero-order chi connectivity index (χ0) is 15.6. The van der Waals surface area contributed by atoms with Crippen molar-refractivity contribution in [2.75, 3.05) is 6.26 Å². The molecule has 0 spiro atoms. The fourth-order valence-electron chi connectivity index (χ4n) is 2.33. The van der Waals surface area contributed by atoms with Gasteiger partial charge >= 0.3 is 5.97 Å². The molecule has 2 aromatic rings. The molecular formula is C15H15NO4S. The monoisotopic (exact) mass is 305 g/mol. The highest BCUT2D eigenvalue weighted by molar-refractivity contribution is 7.90. The number of carbonyl (C=O) groups is 1. The Labute approximate surface area is 123 Å². The van der Waals surface area contributed by atoms with Crippen LogP contribution in [0.5, 0.6) is 0 Å². The Morgan fingerprint density at radius 2 is 1.95 bits per heavy atom. The summed E-state index contributed by atoms with van der Waals surface area (Å²) >= 11 is 0. The van der Waals surface area contributed by atoms with Crippen molar-refractivity contribution in [3.63, 3.8) is 0 Å². The van der Waals surface area contributed by atoms with Gasteiger partial charge in [-0.15, -0.1) is 0 Å². The molecule has 5 nitrogen and oxygen atoms in total. The number of pyridine rings is 1. The van der Waals surface area contributed by atoms with Crippen molar-refractivity contribution in [3.05, 3.63) is 58.9 Å². The van der Waals surface area contributed by atoms with E-state index >= 15 is 0 Å². The second-order valence-electron chi connectivity index (χ2n) is 4.80. The average Bonchev–Trinajstić information content (AvgIpc) is 2.38. The average molecular weight is 305 g/mol. The number of benzene rings is 1. The Kier molecular flexibility index (Phi) is 4.09. The van der Waals surface area contributed by atoms with Gasteiger partial charge in [-0.1, -0.05) is 12.1 Å². The van der Waals surface area contributed by atoms with E-state index in [-0.39, 0.29) is 16.0 Å². The zero-order valence-electron chi connectivity index (χ0n) is 11.7. The summed E-state index contributed by atoms with van der Waals surface area (Å²) in [5, 5.41) is 9.13. The Morgan fingerprint density at radius 1 is 1.24 bits per heavy atom. The van der Waals surface area contributed by atoms with E-state index < -0.39 is 15.8 Å². The molecule has 0 saturated heterocycles. The second kappa shape index (κ2) is 5.65. The largest absolute Gasteiger partial charge is 0.478 e. The number of sulfone groups is 1. The van der Waals surface area contributed by atoms with Gasteiger partial charge in [0.05, 0.1) is 10.5 Å². The van der Waals surface area contributed by atoms with Crippen LogP contribution < -0.4 is 0 Å². The summed E-state index contributed by atoms with van der Waals surface area (Å²) in [7, 11) is -3.53. The van der Waals surface area contributed by atoms with E-state index in [4.69, 9.17) is 5.11 Å². The minimum Gasteiger partial charge on any atom is -0.478 e. The van der Waals surface area contributed by atoms with Crippen molar-refractivity contribution in [1.82, 2.24) is 4.98 Å². The molecule has 0 fully saturated rings. The first-order valence-electron chi connectivity index (χ1n) is 6.26. The van der Waals surface area contributed by atoms with Crippen LogP contribution in [0.25, 0.3) is 0 Å². The molecule has 1 N–H and O–H groups in total. The highest BCUT2D eigenvalue weighted by Gasteiger charge is 2.21. The van der Waals surface area contributed by atoms with Crippen LogP contribution in [0.3, 0.4) is 0 Å². The molecule has 1 aromatic heterocycles. The number of aromatic carboxylic acids is 1. The number of nitrogens with zero attached hydrogens (tertiary/aromatic N) is 1. The minimum atomic E-state index is -3.53. The highest BCUT2D eigenvalue weighted by Crippen LogP contribution is 2.25. The summed E-state index contributed by atoms with van der Waals surface area (Å²) in [5.74, 6) is -1.14. The van der Waals surface area contributed by atoms with E-state index in [1.807, 2.05) is 6.07 Å². The quantitative estimate of drug-likeness (QED) is 0.935. The van der Waals surface area contributed by atoms with Crippen LogP contribution in [0.1, 0.15) is 27.2 Å². The zero-order valence-corrected chi connectivity index (χ0v) is 12.5. The molecule has 0 aliphatic heterocycles. The summed E-state index contributed by atoms with van der Waals surface area (Å²) in [5.41, 5.74) is 1.54. The maximum Gasteiger partial charge on any atom is 0.335 e. The van der Waals surface area contributed by atoms with Crippen LogP contribution >= 0.6 is 0 Å². The normalized spacial score (nSPS) is 11.3. The molecule has 0 atom stereocenters. The van der Waals surface area contributed by atoms with Gasteiger partial charge in [-0.2, -0.15) is 0 Å². The van der Waals surface area contributed by atoms with Crippen molar-refractivity contribution in [3.8, 4) is 0 Å². The third-order valence-electron chi connectivity index (χ3n) is 3.19. The number of carboxylic acids is 1. The van der Waals surface area contributed by atoms with Gasteiger partial charge in [0.25, 0.3) is 0 Å². The molecule has 0 radical (unpaired) electrons. The fraction of sp³-hybridized carbons (Fsp3) is 0.200. The molecule has 0 bridgehead atoms. The van der Waals surface area contributed by atoms with Gasteiger partial charge in [0, 0.05) is 24.6 Å². The van der Waals surface area contributed by atoms with E-state index in [1.165, 1.54) is 13.0 Å². The Bertz CT molecular complexity index is 783. The SMILES string of the molecule is Cc1c(C(=O)O)ccc(Cc2ccccn2)c1S(C)(=O)=O. The number of rotatable bonds is 4. The first-order chi connectivity index (χ1) is 9.80. The summed E-state index contributed by atoms with van der Waals surface area (Å²) in [6, 6.07) is 8.37. The maximum atomic E-state index is 12.0. The molecule has 2 rings (SSSR count). The predicted octanol–water partition coefficient (Wildman–Crippen LogP) is 2.08. The van der Waals surface area contributed by atoms with Crippen LogP contribution in [-0.2, 0) is 16.3 Å². The van der Waals surface area contributed by atoms with E-state index in [1.54, 1.807) is 24.4 Å². The lowest BCUT2D eigenvalue weighted by molar-refractivity contribution is 0.0696. The first kappa shape index (κ1) is 15.2. The minimum absolute atomic E-state index is 0.000181. The number of hydrogen-bond donors (Lipinski definition) is 1. The lowest BCUT2D eigenvalue weighted by Crippen LogP contribution is -2.11. The van der Waals surface area contributed by atoms with Crippen LogP contribution in [0.4, 0.5) is 0 Å². The Morgan fingerprint density at radius 3 is 2.48 bits per heavy atom. The van der Waals surface area contributed by atoms with Gasteiger partial charge in [0.1, 0.15) is 0 Å². The maximum absolute atomic E-state index is 12.0. The molecule has 0 unspecified atom stereocenters. The van der Waals surface area contributed by atoms with E-state index in [0.29, 0.717) is 12.0 Å². The van der Waals surface area contributed by atoms with Gasteiger partial charge in [0.2, 0.25) is 0 Å². The first-order valence-corrected chi connectivity index (χ1v) is 8.15. The third kappa shape index (κ3) is 3.28. The van der Waals surface area contributed by atoms with Gasteiger partial charge in [-0.25, -0.2) is 13.2 Å². The predicted molar refractivity (Wildman–Crippen MR) is 78.3 cm³/mol. The molecule has 1 aromatic carbocycles. The highest BCUT2D eigenvalue weighted by atomic mass is 32.2. The molecule has 0 aliphatic rings. The van der Waals surface area contributed by atoms with Gasteiger partial charge in [-0.3, -0.25) is 4.98 Å². The molecule has 1 heterocycles. The van der Waals surface area contributed by atoms with Crippen molar-refractivity contribution in [2.24, 2.45) is 0 Å². The fourth-order valence-corrected chi connectivity index (χ4v) is 3.62. The molecule has 0 amide bonds. The van der Waals surface area contributed by atoms with E-state index in [2.05, 4.69) is 4.98 Å². The Hall–Kier alpha value is -2.21. The summed E-state index contributed by atoms with van der Waals surface area (Å²) < 4.78 is 24.1. The summed E-state index contributed by atoms with van der Waals surface area (Å²) in [6.07, 6.45) is 3.06. The van der Waals surface area contributed by atoms with E-state index in [9.17, 15) is 13.2 Å². The Balaban J connectivity index is 2.62. The van der Waals surface area contributed by atoms with E-state index in [0.717, 1.165) is 11.9 Å². The number of aromatic nitrogens is 1. The van der Waals surface area contributed by atoms with Crippen molar-refractivity contribution in [2.45, 2.75) is 18.2 Å². The van der Waals surface area contributed by atoms with Crippen molar-refractivity contribution >= 4 is 15.8 Å². The molecule has 0 aliphatic carbocycles. The standard InChI is InChI=1S/C15H15NO4S/c1-10-13(15(17)18)7-6-11(14(10)21(2,19)20)9-12-5-3-4-8-16-12/h3-8H,9H2,1-2H3,(H,17,18). The topological polar surface area (TPSA) is 84.3 Å². The lowest BCUT2D eigenvalue weighted by Gasteiger charge is -2.13. The molecular weight excluding hydrogens is 290 g/mol. The van der Waals surface area contributed by atoms with Crippen molar-refractivity contribution < 1.29 is 18.3 Å². The number of carboxylic acid groups (broad SMARTS) is 1. The molecule has 110 valence electrons. The third-order valence-corrected chi connectivity index (χ3v) is 4.50.